The Kier molecular flexibility index (Phi) is 3.79. The second kappa shape index (κ2) is 6.06. The predicted molar refractivity (Wildman–Crippen MR) is 100 cm³/mol. The zero-order valence-corrected chi connectivity index (χ0v) is 15.5. The minimum absolute atomic E-state index is 0.190. The van der Waals surface area contributed by atoms with E-state index in [0.29, 0.717) is 11.4 Å². The van der Waals surface area contributed by atoms with Gasteiger partial charge in [0.05, 0.1) is 12.2 Å². The lowest BCUT2D eigenvalue weighted by Gasteiger charge is -2.44. The van der Waals surface area contributed by atoms with E-state index >= 15 is 0 Å². The van der Waals surface area contributed by atoms with Gasteiger partial charge in [0.25, 0.3) is 0 Å². The van der Waals surface area contributed by atoms with Crippen LogP contribution in [0.15, 0.2) is 17.5 Å². The molecule has 0 bridgehead atoms. The standard InChI is InChI=1S/C20H22N2O3S/c23-19(24)14-12-13-2-1-3-16(13)21-18(14)22-8-6-20(7-9-22)15-5-11-26-17(15)4-10-25-20/h5,11-12H,1-4,6-10H2,(H,23,24). The molecule has 26 heavy (non-hydrogen) atoms. The van der Waals surface area contributed by atoms with Crippen molar-refractivity contribution in [2.75, 3.05) is 24.6 Å². The van der Waals surface area contributed by atoms with E-state index in [0.717, 1.165) is 69.5 Å². The number of anilines is 1. The molecule has 0 unspecified atom stereocenters. The average Bonchev–Trinajstić information content (AvgIpc) is 3.31. The van der Waals surface area contributed by atoms with Crippen molar-refractivity contribution in [3.8, 4) is 0 Å². The van der Waals surface area contributed by atoms with E-state index in [1.807, 2.05) is 17.4 Å². The molecule has 1 fully saturated rings. The molecule has 3 aliphatic rings. The predicted octanol–water partition coefficient (Wildman–Crippen LogP) is 3.40. The van der Waals surface area contributed by atoms with Crippen molar-refractivity contribution < 1.29 is 14.6 Å². The van der Waals surface area contributed by atoms with Gasteiger partial charge in [-0.05, 0) is 60.7 Å². The molecule has 1 aliphatic carbocycles. The highest BCUT2D eigenvalue weighted by Crippen LogP contribution is 2.44. The fraction of sp³-hybridized carbons (Fsp3) is 0.500. The van der Waals surface area contributed by atoms with E-state index in [-0.39, 0.29) is 5.60 Å². The number of piperidine rings is 1. The van der Waals surface area contributed by atoms with Crippen LogP contribution in [-0.2, 0) is 29.6 Å². The van der Waals surface area contributed by atoms with Gasteiger partial charge in [-0.3, -0.25) is 0 Å². The summed E-state index contributed by atoms with van der Waals surface area (Å²) in [5.41, 5.74) is 3.71. The number of nitrogens with zero attached hydrogens (tertiary/aromatic N) is 2. The first-order valence-electron chi connectivity index (χ1n) is 9.38. The fourth-order valence-corrected chi connectivity index (χ4v) is 5.66. The molecular weight excluding hydrogens is 348 g/mol. The molecule has 2 aromatic heterocycles. The summed E-state index contributed by atoms with van der Waals surface area (Å²) in [7, 11) is 0. The highest BCUT2D eigenvalue weighted by Gasteiger charge is 2.42. The molecule has 0 amide bonds. The second-order valence-corrected chi connectivity index (χ2v) is 8.46. The number of aryl methyl sites for hydroxylation is 2. The summed E-state index contributed by atoms with van der Waals surface area (Å²) in [6, 6.07) is 4.07. The number of hydrogen-bond acceptors (Lipinski definition) is 5. The van der Waals surface area contributed by atoms with Crippen LogP contribution in [0.25, 0.3) is 0 Å². The number of aromatic carboxylic acids is 1. The fourth-order valence-electron chi connectivity index (χ4n) is 4.71. The molecule has 2 aromatic rings. The maximum absolute atomic E-state index is 11.8. The summed E-state index contributed by atoms with van der Waals surface area (Å²) in [6.45, 7) is 2.34. The number of fused-ring (bicyclic) bond motifs is 3. The lowest BCUT2D eigenvalue weighted by molar-refractivity contribution is -0.0757. The first-order chi connectivity index (χ1) is 12.7. The molecule has 2 aliphatic heterocycles. The molecular formula is C20H22N2O3S. The van der Waals surface area contributed by atoms with Crippen LogP contribution in [0.3, 0.4) is 0 Å². The molecule has 0 aromatic carbocycles. The van der Waals surface area contributed by atoms with E-state index in [1.54, 1.807) is 0 Å². The highest BCUT2D eigenvalue weighted by atomic mass is 32.1. The molecule has 0 saturated carbocycles. The van der Waals surface area contributed by atoms with Crippen LogP contribution >= 0.6 is 11.3 Å². The van der Waals surface area contributed by atoms with Gasteiger partial charge in [-0.25, -0.2) is 9.78 Å². The number of carboxylic acids is 1. The zero-order valence-electron chi connectivity index (χ0n) is 14.7. The number of rotatable bonds is 2. The molecule has 5 nitrogen and oxygen atoms in total. The van der Waals surface area contributed by atoms with Crippen molar-refractivity contribution in [1.29, 1.82) is 0 Å². The molecule has 6 heteroatoms. The Morgan fingerprint density at radius 2 is 2.12 bits per heavy atom. The number of hydrogen-bond donors (Lipinski definition) is 1. The number of carboxylic acid groups (broad SMARTS) is 1. The number of thiophene rings is 1. The Morgan fingerprint density at radius 3 is 2.92 bits per heavy atom. The van der Waals surface area contributed by atoms with Crippen molar-refractivity contribution in [3.63, 3.8) is 0 Å². The van der Waals surface area contributed by atoms with Crippen LogP contribution in [0.1, 0.15) is 51.3 Å². The summed E-state index contributed by atoms with van der Waals surface area (Å²) in [4.78, 5) is 20.2. The van der Waals surface area contributed by atoms with Crippen LogP contribution in [0.5, 0.6) is 0 Å². The van der Waals surface area contributed by atoms with Crippen LogP contribution < -0.4 is 4.90 Å². The molecule has 1 saturated heterocycles. The van der Waals surface area contributed by atoms with E-state index in [2.05, 4.69) is 16.3 Å². The van der Waals surface area contributed by atoms with Crippen LogP contribution in [0.4, 0.5) is 5.82 Å². The summed E-state index contributed by atoms with van der Waals surface area (Å²) in [5.74, 6) is -0.231. The highest BCUT2D eigenvalue weighted by molar-refractivity contribution is 7.10. The Hall–Kier alpha value is -1.92. The van der Waals surface area contributed by atoms with Crippen molar-refractivity contribution >= 4 is 23.1 Å². The molecule has 5 rings (SSSR count). The molecule has 0 atom stereocenters. The van der Waals surface area contributed by atoms with Crippen molar-refractivity contribution in [1.82, 2.24) is 4.98 Å². The first-order valence-corrected chi connectivity index (χ1v) is 10.3. The summed E-state index contributed by atoms with van der Waals surface area (Å²) < 4.78 is 6.27. The first kappa shape index (κ1) is 16.3. The number of carbonyl (C=O) groups is 1. The third-order valence-corrected chi connectivity index (χ3v) is 7.06. The molecule has 136 valence electrons. The van der Waals surface area contributed by atoms with E-state index in [1.165, 1.54) is 10.4 Å². The van der Waals surface area contributed by atoms with Crippen molar-refractivity contribution in [2.45, 2.75) is 44.1 Å². The Bertz CT molecular complexity index is 868. The smallest absolute Gasteiger partial charge is 0.339 e. The van der Waals surface area contributed by atoms with Crippen molar-refractivity contribution in [3.05, 3.63) is 44.8 Å². The Morgan fingerprint density at radius 1 is 1.27 bits per heavy atom. The van der Waals surface area contributed by atoms with Crippen LogP contribution in [-0.4, -0.2) is 35.8 Å². The minimum Gasteiger partial charge on any atom is -0.478 e. The van der Waals surface area contributed by atoms with Gasteiger partial charge in [0.15, 0.2) is 0 Å². The van der Waals surface area contributed by atoms with Crippen LogP contribution in [0.2, 0.25) is 0 Å². The average molecular weight is 370 g/mol. The van der Waals surface area contributed by atoms with Gasteiger partial charge >= 0.3 is 5.97 Å². The summed E-state index contributed by atoms with van der Waals surface area (Å²) in [6.07, 6.45) is 5.75. The minimum atomic E-state index is -0.878. The van der Waals surface area contributed by atoms with Gasteiger partial charge in [-0.2, -0.15) is 0 Å². The molecule has 1 N–H and O–H groups in total. The van der Waals surface area contributed by atoms with E-state index in [4.69, 9.17) is 9.72 Å². The third-order valence-electron chi connectivity index (χ3n) is 6.08. The third kappa shape index (κ3) is 2.47. The maximum Gasteiger partial charge on any atom is 0.339 e. The normalized spacial score (nSPS) is 20.8. The Labute approximate surface area is 156 Å². The summed E-state index contributed by atoms with van der Waals surface area (Å²) in [5, 5.41) is 11.8. The molecule has 4 heterocycles. The second-order valence-electron chi connectivity index (χ2n) is 7.46. The topological polar surface area (TPSA) is 62.7 Å². The van der Waals surface area contributed by atoms with E-state index < -0.39 is 5.97 Å². The zero-order chi connectivity index (χ0) is 17.7. The Balaban J connectivity index is 1.44. The number of pyridine rings is 1. The van der Waals surface area contributed by atoms with Gasteiger partial charge in [0.1, 0.15) is 11.4 Å². The van der Waals surface area contributed by atoms with Gasteiger partial charge in [0.2, 0.25) is 0 Å². The quantitative estimate of drug-likeness (QED) is 0.878. The maximum atomic E-state index is 11.8. The van der Waals surface area contributed by atoms with Gasteiger partial charge in [0, 0.05) is 30.1 Å². The number of ether oxygens (including phenoxy) is 1. The molecule has 0 radical (unpaired) electrons. The number of aromatic nitrogens is 1. The SMILES string of the molecule is O=C(O)c1cc2c(nc1N1CCC3(CC1)OCCc1sccc13)CCC2. The van der Waals surface area contributed by atoms with Crippen molar-refractivity contribution in [2.24, 2.45) is 0 Å². The van der Waals surface area contributed by atoms with Gasteiger partial charge in [-0.1, -0.05) is 0 Å². The lowest BCUT2D eigenvalue weighted by atomic mass is 9.82. The van der Waals surface area contributed by atoms with Crippen LogP contribution in [0, 0.1) is 0 Å². The monoisotopic (exact) mass is 370 g/mol. The largest absolute Gasteiger partial charge is 0.478 e. The van der Waals surface area contributed by atoms with Gasteiger partial charge < -0.3 is 14.7 Å². The lowest BCUT2D eigenvalue weighted by Crippen LogP contribution is -2.46. The van der Waals surface area contributed by atoms with Gasteiger partial charge in [-0.15, -0.1) is 11.3 Å². The summed E-state index contributed by atoms with van der Waals surface area (Å²) >= 11 is 1.83. The molecule has 1 spiro atoms. The van der Waals surface area contributed by atoms with E-state index in [9.17, 15) is 9.90 Å².